The Morgan fingerprint density at radius 1 is 0.923 bits per heavy atom. The Morgan fingerprint density at radius 2 is 1.62 bits per heavy atom. The molecule has 0 atom stereocenters. The largest absolute Gasteiger partial charge is 0.368 e. The molecule has 1 fully saturated rings. The van der Waals surface area contributed by atoms with Crippen molar-refractivity contribution in [1.29, 1.82) is 0 Å². The topological polar surface area (TPSA) is 40.6 Å². The number of likely N-dealkylation sites (tertiary alicyclic amines) is 1. The van der Waals surface area contributed by atoms with Gasteiger partial charge in [0.1, 0.15) is 0 Å². The second kappa shape index (κ2) is 7.59. The van der Waals surface area contributed by atoms with Gasteiger partial charge in [-0.3, -0.25) is 0 Å². The van der Waals surface area contributed by atoms with Crippen molar-refractivity contribution in [3.63, 3.8) is 0 Å². The Balaban J connectivity index is 0.00000196. The van der Waals surface area contributed by atoms with Crippen LogP contribution in [-0.4, -0.2) is 46.0 Å². The standard InChI is InChI=1S/C20H24N2O2S.ClH/c1-21-12-10-17(11-13-21)22-14-9-16-15-19(7-8-20(16)22)25(23,24)18-5-3-2-4-6-18;/h2-8,15,17H,9-14H2,1H3;1H. The lowest BCUT2D eigenvalue weighted by Crippen LogP contribution is -2.43. The van der Waals surface area contributed by atoms with Gasteiger partial charge in [-0.1, -0.05) is 18.2 Å². The molecule has 26 heavy (non-hydrogen) atoms. The van der Waals surface area contributed by atoms with E-state index >= 15 is 0 Å². The molecule has 2 aromatic carbocycles. The van der Waals surface area contributed by atoms with E-state index in [9.17, 15) is 8.42 Å². The molecule has 4 rings (SSSR count). The fraction of sp³-hybridized carbons (Fsp3) is 0.400. The summed E-state index contributed by atoms with van der Waals surface area (Å²) in [6.45, 7) is 3.27. The lowest BCUT2D eigenvalue weighted by atomic mass is 10.0. The minimum Gasteiger partial charge on any atom is -0.368 e. The number of piperidine rings is 1. The predicted octanol–water partition coefficient (Wildman–Crippen LogP) is 3.40. The maximum atomic E-state index is 12.8. The van der Waals surface area contributed by atoms with Crippen molar-refractivity contribution in [2.45, 2.75) is 35.1 Å². The minimum atomic E-state index is -3.44. The molecule has 0 radical (unpaired) electrons. The number of anilines is 1. The van der Waals surface area contributed by atoms with Gasteiger partial charge < -0.3 is 9.80 Å². The molecule has 0 spiro atoms. The van der Waals surface area contributed by atoms with Crippen molar-refractivity contribution in [3.8, 4) is 0 Å². The molecular formula is C20H25ClN2O2S. The van der Waals surface area contributed by atoms with E-state index < -0.39 is 9.84 Å². The van der Waals surface area contributed by atoms with Gasteiger partial charge in [0.2, 0.25) is 9.84 Å². The minimum absolute atomic E-state index is 0. The van der Waals surface area contributed by atoms with E-state index in [0.29, 0.717) is 15.8 Å². The molecule has 1 saturated heterocycles. The monoisotopic (exact) mass is 392 g/mol. The fourth-order valence-corrected chi connectivity index (χ4v) is 5.32. The number of rotatable bonds is 3. The molecule has 4 nitrogen and oxygen atoms in total. The number of hydrogen-bond acceptors (Lipinski definition) is 4. The summed E-state index contributed by atoms with van der Waals surface area (Å²) in [6.07, 6.45) is 3.29. The lowest BCUT2D eigenvalue weighted by Gasteiger charge is -2.36. The van der Waals surface area contributed by atoms with Crippen LogP contribution in [0.5, 0.6) is 0 Å². The zero-order valence-corrected chi connectivity index (χ0v) is 16.6. The van der Waals surface area contributed by atoms with Crippen molar-refractivity contribution in [2.24, 2.45) is 0 Å². The molecule has 0 N–H and O–H groups in total. The summed E-state index contributed by atoms with van der Waals surface area (Å²) < 4.78 is 25.7. The van der Waals surface area contributed by atoms with E-state index in [1.165, 1.54) is 18.5 Å². The third kappa shape index (κ3) is 3.48. The highest BCUT2D eigenvalue weighted by Crippen LogP contribution is 2.35. The average molecular weight is 393 g/mol. The van der Waals surface area contributed by atoms with E-state index in [-0.39, 0.29) is 12.4 Å². The summed E-state index contributed by atoms with van der Waals surface area (Å²) in [4.78, 5) is 5.63. The van der Waals surface area contributed by atoms with Crippen LogP contribution in [0.25, 0.3) is 0 Å². The van der Waals surface area contributed by atoms with Gasteiger partial charge in [0.25, 0.3) is 0 Å². The fourth-order valence-electron chi connectivity index (χ4n) is 3.99. The van der Waals surface area contributed by atoms with Crippen LogP contribution < -0.4 is 4.90 Å². The maximum absolute atomic E-state index is 12.8. The van der Waals surface area contributed by atoms with Gasteiger partial charge in [-0.05, 0) is 75.3 Å². The highest BCUT2D eigenvalue weighted by molar-refractivity contribution is 7.91. The van der Waals surface area contributed by atoms with Gasteiger partial charge in [0.05, 0.1) is 9.79 Å². The zero-order valence-electron chi connectivity index (χ0n) is 15.0. The molecule has 6 heteroatoms. The van der Waals surface area contributed by atoms with Crippen LogP contribution in [0.15, 0.2) is 58.3 Å². The molecule has 0 bridgehead atoms. The summed E-state index contributed by atoms with van der Waals surface area (Å²) in [5, 5.41) is 0. The Bertz CT molecular complexity index is 863. The van der Waals surface area contributed by atoms with Gasteiger partial charge >= 0.3 is 0 Å². The third-order valence-electron chi connectivity index (χ3n) is 5.48. The van der Waals surface area contributed by atoms with Crippen molar-refractivity contribution in [3.05, 3.63) is 54.1 Å². The second-order valence-electron chi connectivity index (χ2n) is 7.08. The first-order valence-corrected chi connectivity index (χ1v) is 10.4. The van der Waals surface area contributed by atoms with E-state index in [1.54, 1.807) is 30.3 Å². The van der Waals surface area contributed by atoms with Crippen molar-refractivity contribution < 1.29 is 8.42 Å². The number of halogens is 1. The van der Waals surface area contributed by atoms with Crippen molar-refractivity contribution in [1.82, 2.24) is 4.90 Å². The molecule has 140 valence electrons. The second-order valence-corrected chi connectivity index (χ2v) is 9.03. The first kappa shape index (κ1) is 19.2. The van der Waals surface area contributed by atoms with E-state index in [2.05, 4.69) is 16.8 Å². The molecule has 2 aliphatic heterocycles. The molecule has 2 heterocycles. The van der Waals surface area contributed by atoms with Crippen LogP contribution in [0.2, 0.25) is 0 Å². The number of benzene rings is 2. The number of nitrogens with zero attached hydrogens (tertiary/aromatic N) is 2. The maximum Gasteiger partial charge on any atom is 0.206 e. The van der Waals surface area contributed by atoms with Crippen molar-refractivity contribution in [2.75, 3.05) is 31.6 Å². The molecule has 0 aliphatic carbocycles. The highest BCUT2D eigenvalue weighted by atomic mass is 35.5. The number of hydrogen-bond donors (Lipinski definition) is 0. The van der Waals surface area contributed by atoms with Gasteiger partial charge in [-0.25, -0.2) is 8.42 Å². The van der Waals surface area contributed by atoms with E-state index in [0.717, 1.165) is 31.6 Å². The molecule has 0 unspecified atom stereocenters. The summed E-state index contributed by atoms with van der Waals surface area (Å²) in [6, 6.07) is 14.9. The molecule has 0 amide bonds. The Labute approximate surface area is 162 Å². The summed E-state index contributed by atoms with van der Waals surface area (Å²) in [7, 11) is -1.26. The molecular weight excluding hydrogens is 368 g/mol. The van der Waals surface area contributed by atoms with Gasteiger partial charge in [-0.2, -0.15) is 0 Å². The SMILES string of the molecule is CN1CCC(N2CCc3cc(S(=O)(=O)c4ccccc4)ccc32)CC1.Cl. The van der Waals surface area contributed by atoms with Crippen LogP contribution in [-0.2, 0) is 16.3 Å². The molecule has 2 aliphatic rings. The van der Waals surface area contributed by atoms with E-state index in [4.69, 9.17) is 0 Å². The average Bonchev–Trinajstić information content (AvgIpc) is 3.06. The molecule has 0 aromatic heterocycles. The van der Waals surface area contributed by atoms with Crippen LogP contribution in [0.3, 0.4) is 0 Å². The quantitative estimate of drug-likeness (QED) is 0.802. The Kier molecular flexibility index (Phi) is 5.61. The van der Waals surface area contributed by atoms with Crippen molar-refractivity contribution >= 4 is 27.9 Å². The number of sulfone groups is 1. The van der Waals surface area contributed by atoms with Crippen LogP contribution in [0, 0.1) is 0 Å². The summed E-state index contributed by atoms with van der Waals surface area (Å²) in [5.74, 6) is 0. The van der Waals surface area contributed by atoms with E-state index in [1.807, 2.05) is 18.2 Å². The van der Waals surface area contributed by atoms with Crippen LogP contribution in [0.4, 0.5) is 5.69 Å². The normalized spacial score (nSPS) is 18.4. The van der Waals surface area contributed by atoms with Gasteiger partial charge in [0.15, 0.2) is 0 Å². The van der Waals surface area contributed by atoms with Gasteiger partial charge in [0, 0.05) is 18.3 Å². The third-order valence-corrected chi connectivity index (χ3v) is 7.24. The first-order valence-electron chi connectivity index (χ1n) is 8.94. The zero-order chi connectivity index (χ0) is 17.4. The van der Waals surface area contributed by atoms with Crippen LogP contribution in [0.1, 0.15) is 18.4 Å². The first-order chi connectivity index (χ1) is 12.1. The highest BCUT2D eigenvalue weighted by Gasteiger charge is 2.29. The lowest BCUT2D eigenvalue weighted by molar-refractivity contribution is 0.251. The molecule has 2 aromatic rings. The summed E-state index contributed by atoms with van der Waals surface area (Å²) in [5.41, 5.74) is 2.39. The Hall–Kier alpha value is -1.56. The smallest absolute Gasteiger partial charge is 0.206 e. The predicted molar refractivity (Wildman–Crippen MR) is 107 cm³/mol. The van der Waals surface area contributed by atoms with Gasteiger partial charge in [-0.15, -0.1) is 12.4 Å². The molecule has 0 saturated carbocycles. The summed E-state index contributed by atoms with van der Waals surface area (Å²) >= 11 is 0. The Morgan fingerprint density at radius 3 is 2.31 bits per heavy atom. The van der Waals surface area contributed by atoms with Crippen LogP contribution >= 0.6 is 12.4 Å². The number of fused-ring (bicyclic) bond motifs is 1.